The Labute approximate surface area is 147 Å². The van der Waals surface area contributed by atoms with Crippen LogP contribution in [0.5, 0.6) is 5.75 Å². The van der Waals surface area contributed by atoms with Crippen molar-refractivity contribution in [1.82, 2.24) is 10.7 Å². The monoisotopic (exact) mass is 389 g/mol. The van der Waals surface area contributed by atoms with Gasteiger partial charge in [0, 0.05) is 16.6 Å². The summed E-state index contributed by atoms with van der Waals surface area (Å²) in [6.45, 7) is 0.354. The molecule has 7 heteroatoms. The number of nitrogens with zero attached hydrogens (tertiary/aromatic N) is 1. The van der Waals surface area contributed by atoms with Crippen LogP contribution < -0.4 is 10.7 Å². The van der Waals surface area contributed by atoms with Crippen LogP contribution in [-0.2, 0) is 16.0 Å². The normalized spacial score (nSPS) is 10.5. The highest BCUT2D eigenvalue weighted by Gasteiger charge is 2.11. The number of phenols is 1. The van der Waals surface area contributed by atoms with Crippen molar-refractivity contribution in [2.75, 3.05) is 6.54 Å². The van der Waals surface area contributed by atoms with Crippen LogP contribution in [-0.4, -0.2) is 29.7 Å². The fourth-order valence-electron chi connectivity index (χ4n) is 1.89. The molecule has 0 aliphatic carbocycles. The summed E-state index contributed by atoms with van der Waals surface area (Å²) < 4.78 is 0.756. The Morgan fingerprint density at radius 3 is 2.62 bits per heavy atom. The van der Waals surface area contributed by atoms with E-state index in [2.05, 4.69) is 31.8 Å². The Kier molecular flexibility index (Phi) is 6.51. The van der Waals surface area contributed by atoms with Gasteiger partial charge < -0.3 is 10.4 Å². The molecule has 0 aliphatic heterocycles. The first kappa shape index (κ1) is 17.7. The summed E-state index contributed by atoms with van der Waals surface area (Å²) in [4.78, 5) is 23.3. The van der Waals surface area contributed by atoms with Gasteiger partial charge in [0.2, 0.25) is 0 Å². The fourth-order valence-corrected chi connectivity index (χ4v) is 2.26. The number of hydrogen-bond donors (Lipinski definition) is 3. The summed E-state index contributed by atoms with van der Waals surface area (Å²) >= 11 is 3.26. The second kappa shape index (κ2) is 8.83. The van der Waals surface area contributed by atoms with Crippen LogP contribution in [0.3, 0.4) is 0 Å². The van der Waals surface area contributed by atoms with Crippen molar-refractivity contribution in [2.24, 2.45) is 5.10 Å². The maximum absolute atomic E-state index is 11.6. The van der Waals surface area contributed by atoms with Gasteiger partial charge in [0.15, 0.2) is 0 Å². The molecular formula is C17H16BrN3O3. The standard InChI is InChI=1S/C17H16BrN3O3/c18-14-6-7-15(22)13(10-14)11-20-21-17(24)16(23)19-9-8-12-4-2-1-3-5-12/h1-7,10-11,22H,8-9H2,(H,19,23)(H,21,24)/b20-11+. The van der Waals surface area contributed by atoms with Crippen molar-refractivity contribution >= 4 is 34.0 Å². The maximum atomic E-state index is 11.6. The third-order valence-electron chi connectivity index (χ3n) is 3.11. The number of phenolic OH excluding ortho intramolecular Hbond substituents is 1. The molecule has 2 aromatic rings. The zero-order valence-corrected chi connectivity index (χ0v) is 14.3. The molecule has 0 fully saturated rings. The van der Waals surface area contributed by atoms with Crippen molar-refractivity contribution in [1.29, 1.82) is 0 Å². The lowest BCUT2D eigenvalue weighted by Gasteiger charge is -2.04. The molecule has 2 rings (SSSR count). The summed E-state index contributed by atoms with van der Waals surface area (Å²) in [7, 11) is 0. The molecule has 6 nitrogen and oxygen atoms in total. The first-order valence-electron chi connectivity index (χ1n) is 7.20. The predicted molar refractivity (Wildman–Crippen MR) is 94.7 cm³/mol. The van der Waals surface area contributed by atoms with E-state index in [1.807, 2.05) is 30.3 Å². The number of aromatic hydroxyl groups is 1. The Balaban J connectivity index is 1.78. The van der Waals surface area contributed by atoms with E-state index in [1.165, 1.54) is 12.3 Å². The van der Waals surface area contributed by atoms with Crippen LogP contribution in [0.2, 0.25) is 0 Å². The average molecular weight is 390 g/mol. The molecule has 3 N–H and O–H groups in total. The van der Waals surface area contributed by atoms with E-state index in [-0.39, 0.29) is 5.75 Å². The number of hydrogen-bond acceptors (Lipinski definition) is 4. The summed E-state index contributed by atoms with van der Waals surface area (Å²) in [6.07, 6.45) is 1.89. The largest absolute Gasteiger partial charge is 0.507 e. The lowest BCUT2D eigenvalue weighted by Crippen LogP contribution is -2.38. The van der Waals surface area contributed by atoms with Gasteiger partial charge in [-0.15, -0.1) is 0 Å². The first-order valence-corrected chi connectivity index (χ1v) is 7.99. The van der Waals surface area contributed by atoms with Crippen molar-refractivity contribution in [3.8, 4) is 5.75 Å². The second-order valence-corrected chi connectivity index (χ2v) is 5.81. The highest BCUT2D eigenvalue weighted by atomic mass is 79.9. The number of carbonyl (C=O) groups is 2. The van der Waals surface area contributed by atoms with Crippen LogP contribution in [0.1, 0.15) is 11.1 Å². The van der Waals surface area contributed by atoms with E-state index in [1.54, 1.807) is 12.1 Å². The van der Waals surface area contributed by atoms with Gasteiger partial charge in [-0.25, -0.2) is 5.43 Å². The van der Waals surface area contributed by atoms with E-state index in [0.717, 1.165) is 10.0 Å². The summed E-state index contributed by atoms with van der Waals surface area (Å²) in [5, 5.41) is 15.8. The van der Waals surface area contributed by atoms with Crippen LogP contribution >= 0.6 is 15.9 Å². The van der Waals surface area contributed by atoms with E-state index >= 15 is 0 Å². The predicted octanol–water partition coefficient (Wildman–Crippen LogP) is 1.96. The lowest BCUT2D eigenvalue weighted by atomic mass is 10.1. The molecule has 0 heterocycles. The van der Waals surface area contributed by atoms with Crippen molar-refractivity contribution in [3.63, 3.8) is 0 Å². The number of hydrazone groups is 1. The Bertz CT molecular complexity index is 748. The van der Waals surface area contributed by atoms with Gasteiger partial charge in [0.1, 0.15) is 5.75 Å². The molecule has 0 aliphatic rings. The molecule has 0 radical (unpaired) electrons. The number of benzene rings is 2. The maximum Gasteiger partial charge on any atom is 0.329 e. The minimum absolute atomic E-state index is 0.0171. The lowest BCUT2D eigenvalue weighted by molar-refractivity contribution is -0.139. The van der Waals surface area contributed by atoms with Crippen LogP contribution in [0.25, 0.3) is 0 Å². The molecule has 0 unspecified atom stereocenters. The van der Waals surface area contributed by atoms with Crippen LogP contribution in [0.4, 0.5) is 0 Å². The van der Waals surface area contributed by atoms with E-state index in [0.29, 0.717) is 18.5 Å². The second-order valence-electron chi connectivity index (χ2n) is 4.89. The van der Waals surface area contributed by atoms with Crippen molar-refractivity contribution in [3.05, 3.63) is 64.1 Å². The van der Waals surface area contributed by atoms with Gasteiger partial charge >= 0.3 is 11.8 Å². The molecule has 0 atom stereocenters. The number of rotatable bonds is 5. The Hall–Kier alpha value is -2.67. The minimum atomic E-state index is -0.867. The highest BCUT2D eigenvalue weighted by molar-refractivity contribution is 9.10. The third kappa shape index (κ3) is 5.51. The quantitative estimate of drug-likeness (QED) is 0.414. The molecule has 0 saturated heterocycles. The fraction of sp³-hybridized carbons (Fsp3) is 0.118. The highest BCUT2D eigenvalue weighted by Crippen LogP contribution is 2.19. The van der Waals surface area contributed by atoms with Crippen LogP contribution in [0, 0.1) is 0 Å². The summed E-state index contributed by atoms with van der Waals surface area (Å²) in [6, 6.07) is 14.4. The molecule has 124 valence electrons. The summed E-state index contributed by atoms with van der Waals surface area (Å²) in [5.74, 6) is -1.61. The molecule has 0 saturated carbocycles. The van der Waals surface area contributed by atoms with Crippen molar-refractivity contribution in [2.45, 2.75) is 6.42 Å². The van der Waals surface area contributed by atoms with E-state index < -0.39 is 11.8 Å². The van der Waals surface area contributed by atoms with Gasteiger partial charge in [0.05, 0.1) is 6.21 Å². The van der Waals surface area contributed by atoms with Crippen molar-refractivity contribution < 1.29 is 14.7 Å². The number of halogens is 1. The molecule has 0 aromatic heterocycles. The number of carbonyl (C=O) groups excluding carboxylic acids is 2. The van der Waals surface area contributed by atoms with Gasteiger partial charge in [0.25, 0.3) is 0 Å². The zero-order chi connectivity index (χ0) is 17.4. The van der Waals surface area contributed by atoms with Gasteiger partial charge in [-0.1, -0.05) is 46.3 Å². The first-order chi connectivity index (χ1) is 11.6. The Morgan fingerprint density at radius 1 is 1.12 bits per heavy atom. The SMILES string of the molecule is O=C(NCCc1ccccc1)C(=O)N/N=C/c1cc(Br)ccc1O. The Morgan fingerprint density at radius 2 is 1.88 bits per heavy atom. The van der Waals surface area contributed by atoms with Crippen LogP contribution in [0.15, 0.2) is 58.1 Å². The van der Waals surface area contributed by atoms with E-state index in [4.69, 9.17) is 0 Å². The molecule has 0 bridgehead atoms. The average Bonchev–Trinajstić information content (AvgIpc) is 2.58. The topological polar surface area (TPSA) is 90.8 Å². The third-order valence-corrected chi connectivity index (χ3v) is 3.60. The molecule has 2 amide bonds. The zero-order valence-electron chi connectivity index (χ0n) is 12.7. The van der Waals surface area contributed by atoms with E-state index in [9.17, 15) is 14.7 Å². The van der Waals surface area contributed by atoms with Gasteiger partial charge in [-0.3, -0.25) is 9.59 Å². The molecule has 0 spiro atoms. The summed E-state index contributed by atoms with van der Waals surface area (Å²) in [5.41, 5.74) is 3.60. The molecular weight excluding hydrogens is 374 g/mol. The van der Waals surface area contributed by atoms with Gasteiger partial charge in [-0.2, -0.15) is 5.10 Å². The molecule has 24 heavy (non-hydrogen) atoms. The number of nitrogens with one attached hydrogen (secondary N) is 2. The molecule has 2 aromatic carbocycles. The van der Waals surface area contributed by atoms with Gasteiger partial charge in [-0.05, 0) is 30.2 Å². The number of amides is 2. The smallest absolute Gasteiger partial charge is 0.329 e. The minimum Gasteiger partial charge on any atom is -0.507 e.